The van der Waals surface area contributed by atoms with Gasteiger partial charge in [-0.05, 0) is 0 Å². The molecule has 0 aromatic heterocycles. The Morgan fingerprint density at radius 2 is 0.500 bits per heavy atom. The van der Waals surface area contributed by atoms with E-state index < -0.39 is 0 Å². The normalized spacial score (nSPS) is 0. The van der Waals surface area contributed by atoms with Gasteiger partial charge in [0.25, 0.3) is 0 Å². The number of hydrogen-bond donors (Lipinski definition) is 0. The largest absolute Gasteiger partial charge is 3.00 e. The zero-order valence-corrected chi connectivity index (χ0v) is 7.49. The van der Waals surface area contributed by atoms with Crippen molar-refractivity contribution in [3.8, 4) is 0 Å². The Bertz CT molecular complexity index is 3.90. The number of rotatable bonds is 0. The van der Waals surface area contributed by atoms with Crippen LogP contribution in [-0.2, 0) is 0 Å². The molecule has 0 nitrogen and oxygen atoms in total. The summed E-state index contributed by atoms with van der Waals surface area (Å²) in [4.78, 5) is 0. The summed E-state index contributed by atoms with van der Waals surface area (Å²) in [6, 6.07) is 0. The molecule has 0 fully saturated rings. The second-order valence-electron chi connectivity index (χ2n) is 0. The predicted octanol–water partition coefficient (Wildman–Crippen LogP) is -11.9. The SMILES string of the molecule is Cl.[Al+3].[Cl-].[Cl-].[Cl-].[Cl-]. The zero-order valence-electron chi connectivity index (χ0n) is 2.50. The van der Waals surface area contributed by atoms with Gasteiger partial charge in [-0.3, -0.25) is 0 Å². The fourth-order valence-electron chi connectivity index (χ4n) is 0. The molecular formula is HAlCl5-. The van der Waals surface area contributed by atoms with Crippen molar-refractivity contribution >= 4 is 29.8 Å². The van der Waals surface area contributed by atoms with Gasteiger partial charge < -0.3 is 49.6 Å². The van der Waals surface area contributed by atoms with Gasteiger partial charge in [-0.2, -0.15) is 0 Å². The fourth-order valence-corrected chi connectivity index (χ4v) is 0. The standard InChI is InChI=1S/Al.5ClH/h;5*1H/q+3;;;;;/p-4. The Hall–Kier alpha value is 1.98. The van der Waals surface area contributed by atoms with E-state index in [2.05, 4.69) is 0 Å². The van der Waals surface area contributed by atoms with Gasteiger partial charge >= 0.3 is 17.4 Å². The van der Waals surface area contributed by atoms with Crippen molar-refractivity contribution in [2.45, 2.75) is 0 Å². The molecule has 0 radical (unpaired) electrons. The summed E-state index contributed by atoms with van der Waals surface area (Å²) >= 11 is 0. The van der Waals surface area contributed by atoms with Crippen molar-refractivity contribution in [3.05, 3.63) is 0 Å². The van der Waals surface area contributed by atoms with Crippen LogP contribution in [0.25, 0.3) is 0 Å². The molecule has 0 aliphatic carbocycles. The van der Waals surface area contributed by atoms with E-state index in [0.717, 1.165) is 0 Å². The summed E-state index contributed by atoms with van der Waals surface area (Å²) in [6.07, 6.45) is 0. The van der Waals surface area contributed by atoms with E-state index in [1.165, 1.54) is 0 Å². The maximum Gasteiger partial charge on any atom is 3.00 e. The van der Waals surface area contributed by atoms with Gasteiger partial charge in [0.1, 0.15) is 0 Å². The third kappa shape index (κ3) is 37.8. The minimum Gasteiger partial charge on any atom is -1.00 e. The molecule has 0 rings (SSSR count). The molecule has 0 aromatic rings. The van der Waals surface area contributed by atoms with Crippen LogP contribution in [0.1, 0.15) is 0 Å². The quantitative estimate of drug-likeness (QED) is 0.345. The maximum absolute atomic E-state index is 0. The fraction of sp³-hybridized carbons (Fsp3) is 0. The summed E-state index contributed by atoms with van der Waals surface area (Å²) in [6.45, 7) is 0. The van der Waals surface area contributed by atoms with Gasteiger partial charge in [0.15, 0.2) is 0 Å². The van der Waals surface area contributed by atoms with Crippen LogP contribution in [0.15, 0.2) is 0 Å². The molecule has 0 aliphatic rings. The smallest absolute Gasteiger partial charge is 1.00 e. The van der Waals surface area contributed by atoms with E-state index in [1.54, 1.807) is 0 Å². The van der Waals surface area contributed by atoms with Gasteiger partial charge in [-0.15, -0.1) is 12.4 Å². The van der Waals surface area contributed by atoms with E-state index in [-0.39, 0.29) is 79.4 Å². The van der Waals surface area contributed by atoms with Crippen molar-refractivity contribution in [3.63, 3.8) is 0 Å². The van der Waals surface area contributed by atoms with Crippen LogP contribution >= 0.6 is 12.4 Å². The summed E-state index contributed by atoms with van der Waals surface area (Å²) in [5.41, 5.74) is 0. The van der Waals surface area contributed by atoms with Crippen LogP contribution in [0.4, 0.5) is 0 Å². The summed E-state index contributed by atoms with van der Waals surface area (Å²) < 4.78 is 0. The van der Waals surface area contributed by atoms with E-state index in [4.69, 9.17) is 0 Å². The molecule has 0 atom stereocenters. The molecule has 0 heterocycles. The molecule has 0 spiro atoms. The van der Waals surface area contributed by atoms with E-state index >= 15 is 0 Å². The van der Waals surface area contributed by atoms with Crippen molar-refractivity contribution in [1.29, 1.82) is 0 Å². The maximum atomic E-state index is 0. The monoisotopic (exact) mass is 203 g/mol. The first-order chi connectivity index (χ1) is 0. The first kappa shape index (κ1) is 99.0. The third-order valence-electron chi connectivity index (χ3n) is 0. The molecule has 0 N–H and O–H groups in total. The molecule has 0 amide bonds. The van der Waals surface area contributed by atoms with Crippen molar-refractivity contribution in [1.82, 2.24) is 0 Å². The average Bonchev–Trinajstić information content (AvgIpc) is 0. The van der Waals surface area contributed by atoms with E-state index in [0.29, 0.717) is 0 Å². The van der Waals surface area contributed by atoms with Crippen LogP contribution in [0.5, 0.6) is 0 Å². The van der Waals surface area contributed by atoms with Crippen molar-refractivity contribution in [2.24, 2.45) is 0 Å². The minimum atomic E-state index is 0. The van der Waals surface area contributed by atoms with Crippen molar-refractivity contribution in [2.75, 3.05) is 0 Å². The molecule has 0 saturated heterocycles. The first-order valence-corrected chi connectivity index (χ1v) is 0. The number of hydrogen-bond acceptors (Lipinski definition) is 0. The Morgan fingerprint density at radius 1 is 0.500 bits per heavy atom. The molecule has 0 unspecified atom stereocenters. The minimum absolute atomic E-state index is 0. The summed E-state index contributed by atoms with van der Waals surface area (Å²) in [5.74, 6) is 0. The van der Waals surface area contributed by atoms with Crippen LogP contribution < -0.4 is 49.6 Å². The Morgan fingerprint density at radius 3 is 0.500 bits per heavy atom. The molecular weight excluding hydrogens is 204 g/mol. The van der Waals surface area contributed by atoms with Gasteiger partial charge in [-0.1, -0.05) is 0 Å². The van der Waals surface area contributed by atoms with Gasteiger partial charge in [0, 0.05) is 0 Å². The van der Waals surface area contributed by atoms with Crippen LogP contribution in [0.3, 0.4) is 0 Å². The Balaban J connectivity index is 0. The molecule has 0 aliphatic heterocycles. The topological polar surface area (TPSA) is 0 Å². The number of halogens is 5. The van der Waals surface area contributed by atoms with Gasteiger partial charge in [-0.25, -0.2) is 0 Å². The second kappa shape index (κ2) is 63.6. The summed E-state index contributed by atoms with van der Waals surface area (Å²) in [5, 5.41) is 0. The van der Waals surface area contributed by atoms with Gasteiger partial charge in [0.05, 0.1) is 0 Å². The first-order valence-electron chi connectivity index (χ1n) is 0. The zero-order chi connectivity index (χ0) is 0. The molecule has 6 heavy (non-hydrogen) atoms. The molecule has 0 saturated carbocycles. The van der Waals surface area contributed by atoms with Crippen LogP contribution in [0, 0.1) is 0 Å². The Kier molecular flexibility index (Phi) is 1050. The predicted molar refractivity (Wildman–Crippen MR) is 13.0 cm³/mol. The second-order valence-corrected chi connectivity index (χ2v) is 0. The molecule has 0 aromatic carbocycles. The summed E-state index contributed by atoms with van der Waals surface area (Å²) in [7, 11) is 0. The third-order valence-corrected chi connectivity index (χ3v) is 0. The van der Waals surface area contributed by atoms with E-state index in [1.807, 2.05) is 0 Å². The van der Waals surface area contributed by atoms with Gasteiger partial charge in [0.2, 0.25) is 0 Å². The van der Waals surface area contributed by atoms with Crippen LogP contribution in [-0.4, -0.2) is 17.4 Å². The Labute approximate surface area is 79.0 Å². The van der Waals surface area contributed by atoms with E-state index in [9.17, 15) is 0 Å². The molecule has 0 bridgehead atoms. The molecule has 6 heteroatoms. The van der Waals surface area contributed by atoms with Crippen molar-refractivity contribution < 1.29 is 49.6 Å². The van der Waals surface area contributed by atoms with Crippen LogP contribution in [0.2, 0.25) is 0 Å². The molecule has 40 valence electrons. The average molecular weight is 205 g/mol.